The van der Waals surface area contributed by atoms with Crippen molar-refractivity contribution in [3.8, 4) is 12.8 Å². The molecule has 0 bridgehead atoms. The number of halogens is 3. The van der Waals surface area contributed by atoms with Gasteiger partial charge in [0.25, 0.3) is 0 Å². The summed E-state index contributed by atoms with van der Waals surface area (Å²) in [7, 11) is 0.500. The van der Waals surface area contributed by atoms with E-state index in [-0.39, 0.29) is 12.5 Å². The number of hydrogen-bond acceptors (Lipinski definition) is 2. The van der Waals surface area contributed by atoms with Gasteiger partial charge in [-0.25, -0.2) is 4.39 Å². The summed E-state index contributed by atoms with van der Waals surface area (Å²) in [5, 5.41) is 0. The smallest absolute Gasteiger partial charge is 0.126 e. The van der Waals surface area contributed by atoms with Gasteiger partial charge in [0, 0.05) is 11.6 Å². The van der Waals surface area contributed by atoms with Crippen LogP contribution in [0.15, 0.2) is 65.8 Å². The Bertz CT molecular complexity index is 1280. The van der Waals surface area contributed by atoms with Gasteiger partial charge in [-0.15, -0.1) is 12.8 Å². The van der Waals surface area contributed by atoms with Crippen LogP contribution in [0, 0.1) is 38.4 Å². The molecular formula is C51H87F3N2. The van der Waals surface area contributed by atoms with E-state index in [2.05, 4.69) is 128 Å². The first-order valence-corrected chi connectivity index (χ1v) is 21.4. The number of allylic oxidation sites excluding steroid dienone is 5. The SMILES string of the molecule is C#C.C=C(C)c1cc(C)c(C)c(CC)c1.C=N/C(=C\C=C/CC)C1CCN(CCC)CC1.CC.CC.CCCC(CC)c1ccc(CC)c(F)c1.CCF.CF. The topological polar surface area (TPSA) is 15.6 Å². The lowest BCUT2D eigenvalue weighted by molar-refractivity contribution is 0.199. The average molecular weight is 785 g/mol. The fraction of sp³-hybridized carbons (Fsp3) is 0.588. The Morgan fingerprint density at radius 3 is 1.82 bits per heavy atom. The van der Waals surface area contributed by atoms with E-state index in [9.17, 15) is 13.2 Å². The Labute approximate surface area is 347 Å². The number of likely N-dealkylation sites (tertiary alicyclic amines) is 1. The number of alkyl halides is 2. The number of piperidine rings is 1. The van der Waals surface area contributed by atoms with E-state index in [1.54, 1.807) is 6.07 Å². The molecule has 1 atom stereocenters. The van der Waals surface area contributed by atoms with Gasteiger partial charge in [0.1, 0.15) is 5.82 Å². The quantitative estimate of drug-likeness (QED) is 0.112. The van der Waals surface area contributed by atoms with E-state index >= 15 is 0 Å². The molecule has 3 rings (SSSR count). The monoisotopic (exact) mass is 785 g/mol. The van der Waals surface area contributed by atoms with Gasteiger partial charge in [-0.05, 0) is 157 Å². The first-order chi connectivity index (χ1) is 27.0. The van der Waals surface area contributed by atoms with E-state index in [0.29, 0.717) is 19.0 Å². The summed E-state index contributed by atoms with van der Waals surface area (Å²) in [6.45, 7) is 39.9. The zero-order valence-corrected chi connectivity index (χ0v) is 39.1. The minimum absolute atomic E-state index is 0.0375. The highest BCUT2D eigenvalue weighted by atomic mass is 19.1. The number of benzene rings is 2. The number of aryl methyl sites for hydroxylation is 3. The zero-order chi connectivity index (χ0) is 44.5. The highest BCUT2D eigenvalue weighted by Gasteiger charge is 2.20. The minimum atomic E-state index is -0.250. The van der Waals surface area contributed by atoms with Gasteiger partial charge in [-0.3, -0.25) is 13.8 Å². The van der Waals surface area contributed by atoms with Gasteiger partial charge < -0.3 is 4.90 Å². The van der Waals surface area contributed by atoms with Crippen molar-refractivity contribution in [2.75, 3.05) is 33.5 Å². The number of hydrogen-bond donors (Lipinski definition) is 0. The Kier molecular flexibility index (Phi) is 49.0. The van der Waals surface area contributed by atoms with E-state index in [1.807, 2.05) is 40.7 Å². The van der Waals surface area contributed by atoms with Gasteiger partial charge in [0.2, 0.25) is 0 Å². The largest absolute Gasteiger partial charge is 0.303 e. The van der Waals surface area contributed by atoms with Crippen molar-refractivity contribution in [1.29, 1.82) is 0 Å². The fourth-order valence-corrected chi connectivity index (χ4v) is 5.99. The summed E-state index contributed by atoms with van der Waals surface area (Å²) in [5.41, 5.74) is 9.82. The molecule has 1 unspecified atom stereocenters. The number of nitrogens with zero attached hydrogens (tertiary/aromatic N) is 2. The van der Waals surface area contributed by atoms with Gasteiger partial charge >= 0.3 is 0 Å². The molecule has 0 N–H and O–H groups in total. The number of terminal acetylenes is 1. The summed E-state index contributed by atoms with van der Waals surface area (Å²) in [5.74, 6) is 1.10. The molecule has 1 aliphatic rings. The van der Waals surface area contributed by atoms with Crippen LogP contribution in [0.4, 0.5) is 13.2 Å². The Balaban J connectivity index is -0.000000207. The van der Waals surface area contributed by atoms with Crippen molar-refractivity contribution in [3.05, 3.63) is 100 Å². The molecule has 1 saturated heterocycles. The van der Waals surface area contributed by atoms with E-state index in [4.69, 9.17) is 0 Å². The Hall–Kier alpha value is -3.36. The van der Waals surface area contributed by atoms with Crippen LogP contribution in [0.1, 0.15) is 167 Å². The van der Waals surface area contributed by atoms with E-state index < -0.39 is 0 Å². The van der Waals surface area contributed by atoms with E-state index in [1.165, 1.54) is 73.8 Å². The van der Waals surface area contributed by atoms with Crippen molar-refractivity contribution in [2.45, 2.75) is 161 Å². The first-order valence-electron chi connectivity index (χ1n) is 21.4. The molecule has 56 heavy (non-hydrogen) atoms. The minimum Gasteiger partial charge on any atom is -0.303 e. The maximum Gasteiger partial charge on any atom is 0.126 e. The summed E-state index contributed by atoms with van der Waals surface area (Å²) < 4.78 is 33.4. The third kappa shape index (κ3) is 28.1. The maximum atomic E-state index is 13.6. The van der Waals surface area contributed by atoms with Gasteiger partial charge in [-0.2, -0.15) is 0 Å². The van der Waals surface area contributed by atoms with Crippen molar-refractivity contribution < 1.29 is 13.2 Å². The summed E-state index contributed by atoms with van der Waals surface area (Å²) in [6.07, 6.45) is 24.5. The van der Waals surface area contributed by atoms with Crippen LogP contribution in [0.5, 0.6) is 0 Å². The molecule has 1 fully saturated rings. The molecule has 2 aromatic rings. The molecule has 0 aromatic heterocycles. The predicted molar refractivity (Wildman–Crippen MR) is 252 cm³/mol. The van der Waals surface area contributed by atoms with Crippen molar-refractivity contribution in [1.82, 2.24) is 4.90 Å². The number of rotatable bonds is 13. The van der Waals surface area contributed by atoms with Gasteiger partial charge in [-0.1, -0.05) is 124 Å². The Morgan fingerprint density at radius 2 is 1.43 bits per heavy atom. The van der Waals surface area contributed by atoms with E-state index in [0.717, 1.165) is 55.2 Å². The third-order valence-electron chi connectivity index (χ3n) is 9.08. The second-order valence-electron chi connectivity index (χ2n) is 12.8. The van der Waals surface area contributed by atoms with Crippen LogP contribution in [0.2, 0.25) is 0 Å². The molecular weight excluding hydrogens is 698 g/mol. The molecule has 0 spiro atoms. The highest BCUT2D eigenvalue weighted by Crippen LogP contribution is 2.27. The second-order valence-corrected chi connectivity index (χ2v) is 12.8. The van der Waals surface area contributed by atoms with Crippen LogP contribution in [-0.2, 0) is 12.8 Å². The summed E-state index contributed by atoms with van der Waals surface area (Å²) in [6, 6.07) is 10.2. The fourth-order valence-electron chi connectivity index (χ4n) is 5.99. The summed E-state index contributed by atoms with van der Waals surface area (Å²) in [4.78, 5) is 6.75. The van der Waals surface area contributed by atoms with Crippen molar-refractivity contribution in [2.24, 2.45) is 10.9 Å². The molecule has 0 aliphatic carbocycles. The molecule has 1 aliphatic heterocycles. The molecule has 1 heterocycles. The number of aliphatic imine (C=N–C) groups is 1. The lowest BCUT2D eigenvalue weighted by Crippen LogP contribution is -2.34. The van der Waals surface area contributed by atoms with Crippen LogP contribution in [-0.4, -0.2) is 45.1 Å². The molecule has 0 radical (unpaired) electrons. The average Bonchev–Trinajstić information content (AvgIpc) is 3.23. The van der Waals surface area contributed by atoms with Crippen LogP contribution >= 0.6 is 0 Å². The predicted octanol–water partition coefficient (Wildman–Crippen LogP) is 16.1. The molecule has 0 saturated carbocycles. The third-order valence-corrected chi connectivity index (χ3v) is 9.08. The van der Waals surface area contributed by atoms with Crippen molar-refractivity contribution in [3.63, 3.8) is 0 Å². The molecule has 5 heteroatoms. The van der Waals surface area contributed by atoms with Crippen LogP contribution in [0.25, 0.3) is 5.57 Å². The van der Waals surface area contributed by atoms with Crippen molar-refractivity contribution >= 4 is 12.3 Å². The highest BCUT2D eigenvalue weighted by molar-refractivity contribution is 5.63. The maximum absolute atomic E-state index is 13.6. The molecule has 0 amide bonds. The van der Waals surface area contributed by atoms with Crippen LogP contribution < -0.4 is 0 Å². The lowest BCUT2D eigenvalue weighted by atomic mass is 9.91. The molecule has 2 nitrogen and oxygen atoms in total. The van der Waals surface area contributed by atoms with Crippen LogP contribution in [0.3, 0.4) is 0 Å². The normalized spacial score (nSPS) is 12.5. The Morgan fingerprint density at radius 1 is 0.893 bits per heavy atom. The van der Waals surface area contributed by atoms with Gasteiger partial charge in [0.05, 0.1) is 13.9 Å². The lowest BCUT2D eigenvalue weighted by Gasteiger charge is -2.31. The standard InChI is InChI=1S/C15H26N2.C14H21F.C13H18.C2H5F.2C2H6.C2H2.CH3F/c1-4-6-7-8-15(16-3)14-9-12-17(11-5-2)13-10-14;1-4-7-11(5-2)13-9-8-12(6-3)14(15)10-13;1-6-12-8-13(9(2)3)7-10(4)11(12)5;1-2-3;4*1-2/h6-8,14H,3-5,9-13H2,1-2H3;8-11H,4-7H2,1-3H3;7-8H,2,6H2,1,3-5H3;2H2,1H3;2*1-2H3;1-2H;1H3/b7-6-,15-8-;;;;;;;. The van der Waals surface area contributed by atoms with Gasteiger partial charge in [0.15, 0.2) is 0 Å². The first kappa shape index (κ1) is 61.9. The molecule has 322 valence electrons. The zero-order valence-electron chi connectivity index (χ0n) is 39.1. The summed E-state index contributed by atoms with van der Waals surface area (Å²) >= 11 is 0. The molecule has 2 aromatic carbocycles. The second kappa shape index (κ2) is 44.4.